The number of nitrogens with two attached hydrogens (primary N) is 1. The van der Waals surface area contributed by atoms with Gasteiger partial charge in [-0.3, -0.25) is 9.59 Å². The molecule has 0 fully saturated rings. The smallest absolute Gasteiger partial charge is 0.267 e. The van der Waals surface area contributed by atoms with Crippen LogP contribution in [0.25, 0.3) is 0 Å². The Morgan fingerprint density at radius 1 is 1.43 bits per heavy atom. The van der Waals surface area contributed by atoms with Crippen LogP contribution in [0.1, 0.15) is 25.0 Å². The molecule has 1 aromatic rings. The molecular weight excluding hydrogens is 292 g/mol. The van der Waals surface area contributed by atoms with E-state index in [0.29, 0.717) is 5.69 Å². The van der Waals surface area contributed by atoms with Crippen LogP contribution in [-0.4, -0.2) is 29.8 Å². The molecular formula is C17H22N4O2. The van der Waals surface area contributed by atoms with Gasteiger partial charge >= 0.3 is 0 Å². The average Bonchev–Trinajstić information content (AvgIpc) is 2.52. The predicted octanol–water partition coefficient (Wildman–Crippen LogP) is 1.71. The first-order chi connectivity index (χ1) is 10.9. The summed E-state index contributed by atoms with van der Waals surface area (Å²) in [5.74, 6) is -0.819. The molecule has 6 nitrogen and oxygen atoms in total. The summed E-state index contributed by atoms with van der Waals surface area (Å²) in [6.45, 7) is 5.73. The number of para-hydroxylation sites is 1. The molecule has 0 spiro atoms. The first kappa shape index (κ1) is 18.4. The van der Waals surface area contributed by atoms with Gasteiger partial charge in [-0.1, -0.05) is 25.1 Å². The molecule has 3 N–H and O–H groups in total. The van der Waals surface area contributed by atoms with Crippen molar-refractivity contribution in [1.29, 1.82) is 5.26 Å². The van der Waals surface area contributed by atoms with E-state index in [-0.39, 0.29) is 24.6 Å². The molecule has 0 saturated heterocycles. The quantitative estimate of drug-likeness (QED) is 0.616. The van der Waals surface area contributed by atoms with Gasteiger partial charge in [0, 0.05) is 31.9 Å². The highest BCUT2D eigenvalue weighted by Gasteiger charge is 2.15. The van der Waals surface area contributed by atoms with Crippen LogP contribution < -0.4 is 11.1 Å². The first-order valence-electron chi connectivity index (χ1n) is 7.43. The van der Waals surface area contributed by atoms with Gasteiger partial charge in [-0.15, -0.1) is 0 Å². The fourth-order valence-electron chi connectivity index (χ4n) is 2.13. The molecule has 2 amide bonds. The number of carbonyl (C=O) groups is 2. The van der Waals surface area contributed by atoms with Crippen LogP contribution >= 0.6 is 0 Å². The van der Waals surface area contributed by atoms with E-state index in [1.807, 2.05) is 38.1 Å². The van der Waals surface area contributed by atoms with E-state index >= 15 is 0 Å². The zero-order valence-corrected chi connectivity index (χ0v) is 13.7. The van der Waals surface area contributed by atoms with Crippen LogP contribution in [0.15, 0.2) is 30.0 Å². The molecule has 0 aliphatic carbocycles. The van der Waals surface area contributed by atoms with Gasteiger partial charge in [0.1, 0.15) is 11.6 Å². The van der Waals surface area contributed by atoms with Crippen LogP contribution in [-0.2, 0) is 16.0 Å². The van der Waals surface area contributed by atoms with Crippen LogP contribution in [0.4, 0.5) is 5.69 Å². The summed E-state index contributed by atoms with van der Waals surface area (Å²) in [5.41, 5.74) is 7.90. The largest absolute Gasteiger partial charge is 0.329 e. The zero-order valence-electron chi connectivity index (χ0n) is 13.7. The second kappa shape index (κ2) is 8.71. The number of aryl methyl sites for hydroxylation is 2. The molecule has 0 radical (unpaired) electrons. The maximum atomic E-state index is 12.4. The third-order valence-electron chi connectivity index (χ3n) is 3.40. The lowest BCUT2D eigenvalue weighted by Gasteiger charge is -2.16. The molecule has 0 unspecified atom stereocenters. The summed E-state index contributed by atoms with van der Waals surface area (Å²) >= 11 is 0. The Morgan fingerprint density at radius 3 is 2.65 bits per heavy atom. The monoisotopic (exact) mass is 314 g/mol. The molecule has 0 bridgehead atoms. The Hall–Kier alpha value is -2.65. The Balaban J connectivity index is 3.07. The summed E-state index contributed by atoms with van der Waals surface area (Å²) < 4.78 is 0. The Kier molecular flexibility index (Phi) is 6.97. The fourth-order valence-corrected chi connectivity index (χ4v) is 2.13. The fraction of sp³-hybridized carbons (Fsp3) is 0.353. The summed E-state index contributed by atoms with van der Waals surface area (Å²) in [6, 6.07) is 7.57. The SMILES string of the molecule is CCc1cccc(C)c1NC(=O)/C(C#N)=C\N(CCN)C(C)=O. The van der Waals surface area contributed by atoms with Crippen molar-refractivity contribution >= 4 is 17.5 Å². The van der Waals surface area contributed by atoms with Gasteiger partial charge in [-0.25, -0.2) is 0 Å². The minimum atomic E-state index is -0.542. The number of benzene rings is 1. The summed E-state index contributed by atoms with van der Waals surface area (Å²) in [7, 11) is 0. The number of nitrogens with zero attached hydrogens (tertiary/aromatic N) is 2. The number of rotatable bonds is 6. The molecule has 122 valence electrons. The maximum Gasteiger partial charge on any atom is 0.267 e. The lowest BCUT2D eigenvalue weighted by atomic mass is 10.1. The normalized spacial score (nSPS) is 10.8. The lowest BCUT2D eigenvalue weighted by molar-refractivity contribution is -0.126. The lowest BCUT2D eigenvalue weighted by Crippen LogP contribution is -2.30. The van der Waals surface area contributed by atoms with Crippen LogP contribution in [0.3, 0.4) is 0 Å². The van der Waals surface area contributed by atoms with E-state index < -0.39 is 5.91 Å². The van der Waals surface area contributed by atoms with Crippen molar-refractivity contribution in [3.05, 3.63) is 41.1 Å². The molecule has 1 aromatic carbocycles. The summed E-state index contributed by atoms with van der Waals surface area (Å²) in [6.07, 6.45) is 2.00. The third kappa shape index (κ3) is 4.94. The maximum absolute atomic E-state index is 12.4. The predicted molar refractivity (Wildman–Crippen MR) is 89.3 cm³/mol. The van der Waals surface area contributed by atoms with Gasteiger partial charge < -0.3 is 16.0 Å². The molecule has 1 rings (SSSR count). The number of amides is 2. The van der Waals surface area contributed by atoms with E-state index in [9.17, 15) is 14.9 Å². The van der Waals surface area contributed by atoms with E-state index in [1.165, 1.54) is 18.0 Å². The van der Waals surface area contributed by atoms with Crippen molar-refractivity contribution in [3.8, 4) is 6.07 Å². The Labute approximate surface area is 136 Å². The summed E-state index contributed by atoms with van der Waals surface area (Å²) in [5, 5.41) is 12.0. The van der Waals surface area contributed by atoms with Crippen molar-refractivity contribution in [2.45, 2.75) is 27.2 Å². The van der Waals surface area contributed by atoms with Gasteiger partial charge in [0.15, 0.2) is 0 Å². The molecule has 0 heterocycles. The topological polar surface area (TPSA) is 99.2 Å². The van der Waals surface area contributed by atoms with Crippen LogP contribution in [0.5, 0.6) is 0 Å². The van der Waals surface area contributed by atoms with Crippen molar-refractivity contribution < 1.29 is 9.59 Å². The van der Waals surface area contributed by atoms with Crippen molar-refractivity contribution in [2.75, 3.05) is 18.4 Å². The molecule has 0 aliphatic rings. The minimum Gasteiger partial charge on any atom is -0.329 e. The van der Waals surface area contributed by atoms with Crippen molar-refractivity contribution in [2.24, 2.45) is 5.73 Å². The number of hydrogen-bond donors (Lipinski definition) is 2. The second-order valence-corrected chi connectivity index (χ2v) is 5.07. The standard InChI is InChI=1S/C17H22N4O2/c1-4-14-7-5-6-12(2)16(14)20-17(23)15(10-19)11-21(9-8-18)13(3)22/h5-7,11H,4,8-9,18H2,1-3H3,(H,20,23)/b15-11-. The Morgan fingerprint density at radius 2 is 2.13 bits per heavy atom. The van der Waals surface area contributed by atoms with Crippen LogP contribution in [0.2, 0.25) is 0 Å². The van der Waals surface area contributed by atoms with Crippen LogP contribution in [0, 0.1) is 18.3 Å². The zero-order chi connectivity index (χ0) is 17.4. The molecule has 0 aromatic heterocycles. The minimum absolute atomic E-state index is 0.140. The Bertz CT molecular complexity index is 659. The molecule has 0 atom stereocenters. The van der Waals surface area contributed by atoms with E-state index in [2.05, 4.69) is 5.32 Å². The van der Waals surface area contributed by atoms with E-state index in [1.54, 1.807) is 0 Å². The molecule has 23 heavy (non-hydrogen) atoms. The van der Waals surface area contributed by atoms with Gasteiger partial charge in [-0.05, 0) is 24.5 Å². The van der Waals surface area contributed by atoms with E-state index in [4.69, 9.17) is 5.73 Å². The second-order valence-electron chi connectivity index (χ2n) is 5.07. The number of carbonyl (C=O) groups excluding carboxylic acids is 2. The molecule has 0 saturated carbocycles. The number of anilines is 1. The average molecular weight is 314 g/mol. The first-order valence-corrected chi connectivity index (χ1v) is 7.43. The third-order valence-corrected chi connectivity index (χ3v) is 3.40. The molecule has 0 aliphatic heterocycles. The highest BCUT2D eigenvalue weighted by atomic mass is 16.2. The van der Waals surface area contributed by atoms with E-state index in [0.717, 1.165) is 17.5 Å². The highest BCUT2D eigenvalue weighted by molar-refractivity contribution is 6.07. The van der Waals surface area contributed by atoms with Gasteiger partial charge in [-0.2, -0.15) is 5.26 Å². The van der Waals surface area contributed by atoms with Gasteiger partial charge in [0.05, 0.1) is 0 Å². The van der Waals surface area contributed by atoms with Crippen molar-refractivity contribution in [1.82, 2.24) is 4.90 Å². The van der Waals surface area contributed by atoms with Gasteiger partial charge in [0.25, 0.3) is 5.91 Å². The molecule has 6 heteroatoms. The summed E-state index contributed by atoms with van der Waals surface area (Å²) in [4.78, 5) is 25.1. The van der Waals surface area contributed by atoms with Crippen molar-refractivity contribution in [3.63, 3.8) is 0 Å². The highest BCUT2D eigenvalue weighted by Crippen LogP contribution is 2.21. The number of hydrogen-bond acceptors (Lipinski definition) is 4. The number of nitrogens with one attached hydrogen (secondary N) is 1. The number of nitriles is 1. The van der Waals surface area contributed by atoms with Gasteiger partial charge in [0.2, 0.25) is 5.91 Å².